The number of para-hydroxylation sites is 3. The summed E-state index contributed by atoms with van der Waals surface area (Å²) in [5.41, 5.74) is 7.69. The van der Waals surface area contributed by atoms with E-state index >= 15 is 0 Å². The maximum Gasteiger partial charge on any atom is 0.153 e. The molecule has 43 heavy (non-hydrogen) atoms. The molecule has 0 aliphatic heterocycles. The molecule has 0 unspecified atom stereocenters. The van der Waals surface area contributed by atoms with E-state index in [2.05, 4.69) is 157 Å². The van der Waals surface area contributed by atoms with Crippen LogP contribution in [-0.2, 0) is 0 Å². The van der Waals surface area contributed by atoms with Gasteiger partial charge in [0.25, 0.3) is 0 Å². The summed E-state index contributed by atoms with van der Waals surface area (Å²) in [6.45, 7) is 0. The number of fused-ring (bicyclic) bond motifs is 8. The van der Waals surface area contributed by atoms with Crippen LogP contribution in [-0.4, -0.2) is 0 Å². The Balaban J connectivity index is 1.38. The van der Waals surface area contributed by atoms with E-state index in [1.54, 1.807) is 0 Å². The Kier molecular flexibility index (Phi) is 5.40. The van der Waals surface area contributed by atoms with E-state index in [0.29, 0.717) is 0 Å². The van der Waals surface area contributed by atoms with Gasteiger partial charge in [-0.1, -0.05) is 103 Å². The fraction of sp³-hybridized carbons (Fsp3) is 0. The van der Waals surface area contributed by atoms with Crippen molar-refractivity contribution in [1.29, 1.82) is 0 Å². The second kappa shape index (κ2) is 9.59. The van der Waals surface area contributed by atoms with E-state index in [-0.39, 0.29) is 0 Å². The van der Waals surface area contributed by atoms with Gasteiger partial charge < -0.3 is 9.32 Å². The lowest BCUT2D eigenvalue weighted by molar-refractivity contribution is 0.673. The average molecular weight is 568 g/mol. The lowest BCUT2D eigenvalue weighted by atomic mass is 9.92. The van der Waals surface area contributed by atoms with Crippen molar-refractivity contribution in [1.82, 2.24) is 0 Å². The first-order valence-corrected chi connectivity index (χ1v) is 15.3. The van der Waals surface area contributed by atoms with Crippen LogP contribution in [0.15, 0.2) is 156 Å². The zero-order valence-electron chi connectivity index (χ0n) is 23.2. The first-order chi connectivity index (χ1) is 21.3. The van der Waals surface area contributed by atoms with E-state index in [4.69, 9.17) is 4.42 Å². The van der Waals surface area contributed by atoms with Crippen LogP contribution in [0.2, 0.25) is 0 Å². The molecular formula is C40H25NOS. The number of furan rings is 1. The number of thiophene rings is 1. The Morgan fingerprint density at radius 1 is 0.465 bits per heavy atom. The fourth-order valence-corrected chi connectivity index (χ4v) is 7.74. The predicted octanol–water partition coefficient (Wildman–Crippen LogP) is 12.2. The highest BCUT2D eigenvalue weighted by Crippen LogP contribution is 2.49. The lowest BCUT2D eigenvalue weighted by Gasteiger charge is -2.27. The Bertz CT molecular complexity index is 2420. The van der Waals surface area contributed by atoms with E-state index in [1.165, 1.54) is 47.5 Å². The molecule has 0 saturated carbocycles. The molecule has 0 amide bonds. The Morgan fingerprint density at radius 3 is 1.81 bits per heavy atom. The number of anilines is 3. The van der Waals surface area contributed by atoms with Crippen molar-refractivity contribution >= 4 is 81.3 Å². The molecule has 3 heteroatoms. The van der Waals surface area contributed by atoms with Crippen molar-refractivity contribution < 1.29 is 4.42 Å². The molecule has 0 spiro atoms. The monoisotopic (exact) mass is 567 g/mol. The number of benzene rings is 7. The zero-order valence-corrected chi connectivity index (χ0v) is 24.0. The molecule has 0 atom stereocenters. The minimum atomic E-state index is 0.920. The second-order valence-electron chi connectivity index (χ2n) is 10.9. The molecule has 2 heterocycles. The van der Waals surface area contributed by atoms with Gasteiger partial charge in [0.2, 0.25) is 0 Å². The minimum Gasteiger partial charge on any atom is -0.455 e. The Morgan fingerprint density at radius 2 is 1.07 bits per heavy atom. The molecule has 2 aromatic heterocycles. The van der Waals surface area contributed by atoms with Gasteiger partial charge in [-0.2, -0.15) is 0 Å². The second-order valence-corrected chi connectivity index (χ2v) is 11.9. The van der Waals surface area contributed by atoms with Gasteiger partial charge in [-0.15, -0.1) is 11.3 Å². The third-order valence-electron chi connectivity index (χ3n) is 8.45. The van der Waals surface area contributed by atoms with Crippen molar-refractivity contribution in [3.05, 3.63) is 152 Å². The summed E-state index contributed by atoms with van der Waals surface area (Å²) in [6, 6.07) is 54.1. The van der Waals surface area contributed by atoms with Gasteiger partial charge >= 0.3 is 0 Å². The highest BCUT2D eigenvalue weighted by Gasteiger charge is 2.22. The summed E-state index contributed by atoms with van der Waals surface area (Å²) in [5, 5.41) is 7.24. The van der Waals surface area contributed by atoms with Gasteiger partial charge in [-0.3, -0.25) is 0 Å². The zero-order chi connectivity index (χ0) is 28.3. The normalized spacial score (nSPS) is 11.7. The number of rotatable bonds is 4. The maximum atomic E-state index is 6.65. The summed E-state index contributed by atoms with van der Waals surface area (Å²) in [6.07, 6.45) is 0. The topological polar surface area (TPSA) is 16.4 Å². The highest BCUT2D eigenvalue weighted by molar-refractivity contribution is 7.26. The van der Waals surface area contributed by atoms with E-state index < -0.39 is 0 Å². The molecule has 0 fully saturated rings. The largest absolute Gasteiger partial charge is 0.455 e. The minimum absolute atomic E-state index is 0.920. The summed E-state index contributed by atoms with van der Waals surface area (Å²) < 4.78 is 9.13. The van der Waals surface area contributed by atoms with Gasteiger partial charge in [0, 0.05) is 43.0 Å². The lowest BCUT2D eigenvalue weighted by Crippen LogP contribution is -2.10. The van der Waals surface area contributed by atoms with Crippen molar-refractivity contribution in [3.63, 3.8) is 0 Å². The third kappa shape index (κ3) is 3.72. The fourth-order valence-electron chi connectivity index (χ4n) is 6.57. The summed E-state index contributed by atoms with van der Waals surface area (Å²) >= 11 is 1.82. The van der Waals surface area contributed by atoms with Crippen LogP contribution in [0.1, 0.15) is 0 Å². The number of hydrogen-bond acceptors (Lipinski definition) is 3. The van der Waals surface area contributed by atoms with E-state index in [1.807, 2.05) is 11.3 Å². The first-order valence-electron chi connectivity index (χ1n) is 14.5. The number of nitrogens with zero attached hydrogens (tertiary/aromatic N) is 1. The average Bonchev–Trinajstić information content (AvgIpc) is 3.65. The molecule has 0 aliphatic rings. The summed E-state index contributed by atoms with van der Waals surface area (Å²) in [5.74, 6) is 0. The number of hydrogen-bond donors (Lipinski definition) is 0. The van der Waals surface area contributed by atoms with Crippen LogP contribution >= 0.6 is 11.3 Å². The van der Waals surface area contributed by atoms with Crippen molar-refractivity contribution in [3.8, 4) is 11.1 Å². The molecule has 2 nitrogen and oxygen atoms in total. The third-order valence-corrected chi connectivity index (χ3v) is 9.64. The standard InChI is InChI=1S/C40H25NOS/c1-3-13-26(14-4-1)41(27-15-5-2-6-16-27)35-24-23-29(28-17-7-8-18-30(28)35)33-25-34-31-19-10-12-22-37(31)43-40(34)39-38(33)32-20-9-11-21-36(32)42-39/h1-25H. The van der Waals surface area contributed by atoms with Crippen molar-refractivity contribution in [2.45, 2.75) is 0 Å². The molecule has 0 aliphatic carbocycles. The van der Waals surface area contributed by atoms with Gasteiger partial charge in [-0.05, 0) is 65.0 Å². The SMILES string of the molecule is c1ccc(N(c2ccccc2)c2ccc(-c3cc4c5ccccc5sc4c4oc5ccccc5c34)c3ccccc23)cc1. The molecule has 7 aromatic carbocycles. The molecule has 0 bridgehead atoms. The molecule has 9 aromatic rings. The molecule has 0 N–H and O–H groups in total. The maximum absolute atomic E-state index is 6.65. The summed E-state index contributed by atoms with van der Waals surface area (Å²) in [7, 11) is 0. The van der Waals surface area contributed by atoms with Crippen molar-refractivity contribution in [2.24, 2.45) is 0 Å². The summed E-state index contributed by atoms with van der Waals surface area (Å²) in [4.78, 5) is 2.35. The van der Waals surface area contributed by atoms with Crippen LogP contribution in [0.3, 0.4) is 0 Å². The highest BCUT2D eigenvalue weighted by atomic mass is 32.1. The van der Waals surface area contributed by atoms with Crippen molar-refractivity contribution in [2.75, 3.05) is 4.90 Å². The van der Waals surface area contributed by atoms with Crippen LogP contribution < -0.4 is 4.90 Å². The molecule has 0 saturated heterocycles. The van der Waals surface area contributed by atoms with Crippen LogP contribution in [0.4, 0.5) is 17.1 Å². The molecule has 202 valence electrons. The van der Waals surface area contributed by atoms with Gasteiger partial charge in [0.15, 0.2) is 5.58 Å². The predicted molar refractivity (Wildman–Crippen MR) is 184 cm³/mol. The first kappa shape index (κ1) is 24.2. The molecule has 0 radical (unpaired) electrons. The van der Waals surface area contributed by atoms with Crippen LogP contribution in [0.5, 0.6) is 0 Å². The van der Waals surface area contributed by atoms with Gasteiger partial charge in [0.1, 0.15) is 5.58 Å². The molecular weight excluding hydrogens is 543 g/mol. The Hall–Kier alpha value is -5.38. The van der Waals surface area contributed by atoms with E-state index in [0.717, 1.165) is 33.6 Å². The smallest absolute Gasteiger partial charge is 0.153 e. The van der Waals surface area contributed by atoms with Gasteiger partial charge in [-0.25, -0.2) is 0 Å². The quantitative estimate of drug-likeness (QED) is 0.210. The van der Waals surface area contributed by atoms with E-state index in [9.17, 15) is 0 Å². The Labute approximate surface area is 252 Å². The molecule has 9 rings (SSSR count). The van der Waals surface area contributed by atoms with Crippen LogP contribution in [0.25, 0.3) is 64.0 Å². The van der Waals surface area contributed by atoms with Gasteiger partial charge in [0.05, 0.1) is 10.4 Å². The van der Waals surface area contributed by atoms with Crippen LogP contribution in [0, 0.1) is 0 Å².